The van der Waals surface area contributed by atoms with Gasteiger partial charge in [0.15, 0.2) is 0 Å². The molecule has 1 amide bonds. The lowest BCUT2D eigenvalue weighted by molar-refractivity contribution is -0.142. The minimum absolute atomic E-state index is 0.0143. The number of hydrogen-bond acceptors (Lipinski definition) is 4. The van der Waals surface area contributed by atoms with Crippen molar-refractivity contribution in [1.82, 2.24) is 5.32 Å². The van der Waals surface area contributed by atoms with Crippen LogP contribution in [0.3, 0.4) is 0 Å². The molecule has 0 bridgehead atoms. The van der Waals surface area contributed by atoms with Crippen molar-refractivity contribution in [2.45, 2.75) is 25.4 Å². The highest BCUT2D eigenvalue weighted by atomic mass is 16.4. The second-order valence-corrected chi connectivity index (χ2v) is 4.12. The first kappa shape index (κ1) is 15.1. The number of carboxylic acid groups (broad SMARTS) is 1. The highest BCUT2D eigenvalue weighted by molar-refractivity contribution is 5.85. The highest BCUT2D eigenvalue weighted by Gasteiger charge is 2.19. The Bertz CT molecular complexity index is 448. The molecule has 0 saturated heterocycles. The van der Waals surface area contributed by atoms with Crippen LogP contribution in [-0.2, 0) is 22.6 Å². The summed E-state index contributed by atoms with van der Waals surface area (Å²) in [4.78, 5) is 22.6. The number of carbonyl (C=O) groups is 2. The Morgan fingerprint density at radius 3 is 2.42 bits per heavy atom. The van der Waals surface area contributed by atoms with Crippen LogP contribution in [-0.4, -0.2) is 34.7 Å². The molecule has 1 atom stereocenters. The Balaban J connectivity index is 2.66. The van der Waals surface area contributed by atoms with Crippen molar-refractivity contribution in [3.63, 3.8) is 0 Å². The maximum Gasteiger partial charge on any atom is 0.326 e. The van der Waals surface area contributed by atoms with Gasteiger partial charge in [0.1, 0.15) is 6.04 Å². The zero-order chi connectivity index (χ0) is 14.3. The largest absolute Gasteiger partial charge is 0.480 e. The van der Waals surface area contributed by atoms with Crippen LogP contribution in [0.2, 0.25) is 0 Å². The first-order chi connectivity index (χ1) is 9.08. The molecule has 0 radical (unpaired) electrons. The lowest BCUT2D eigenvalue weighted by atomic mass is 10.0. The summed E-state index contributed by atoms with van der Waals surface area (Å²) < 4.78 is 0. The van der Waals surface area contributed by atoms with Gasteiger partial charge in [-0.05, 0) is 11.1 Å². The van der Waals surface area contributed by atoms with Crippen molar-refractivity contribution in [2.75, 3.05) is 6.61 Å². The second-order valence-electron chi connectivity index (χ2n) is 4.12. The fraction of sp³-hybridized carbons (Fsp3) is 0.385. The van der Waals surface area contributed by atoms with Gasteiger partial charge in [-0.1, -0.05) is 24.3 Å². The van der Waals surface area contributed by atoms with Gasteiger partial charge in [0.05, 0.1) is 6.42 Å². The highest BCUT2D eigenvalue weighted by Crippen LogP contribution is 2.08. The quantitative estimate of drug-likeness (QED) is 0.538. The summed E-state index contributed by atoms with van der Waals surface area (Å²) in [5.41, 5.74) is 7.19. The SMILES string of the molecule is NCc1ccccc1CC(=O)N[C@@H](CCO)C(=O)O. The lowest BCUT2D eigenvalue weighted by Gasteiger charge is -2.14. The molecule has 1 rings (SSSR count). The molecule has 0 spiro atoms. The molecule has 1 aromatic carbocycles. The van der Waals surface area contributed by atoms with E-state index in [9.17, 15) is 9.59 Å². The third-order valence-electron chi connectivity index (χ3n) is 2.74. The number of benzene rings is 1. The van der Waals surface area contributed by atoms with Crippen LogP contribution in [0.1, 0.15) is 17.5 Å². The molecule has 0 fully saturated rings. The summed E-state index contributed by atoms with van der Waals surface area (Å²) in [6, 6.07) is 6.16. The van der Waals surface area contributed by atoms with Crippen LogP contribution >= 0.6 is 0 Å². The van der Waals surface area contributed by atoms with Crippen molar-refractivity contribution >= 4 is 11.9 Å². The first-order valence-electron chi connectivity index (χ1n) is 5.98. The molecule has 1 aromatic rings. The summed E-state index contributed by atoms with van der Waals surface area (Å²) in [5.74, 6) is -1.56. The van der Waals surface area contributed by atoms with Gasteiger partial charge in [0, 0.05) is 19.6 Å². The molecular formula is C13H18N2O4. The predicted octanol–water partition coefficient (Wildman–Crippen LogP) is -0.360. The summed E-state index contributed by atoms with van der Waals surface area (Å²) in [7, 11) is 0. The number of carboxylic acids is 1. The average Bonchev–Trinajstić information content (AvgIpc) is 2.38. The summed E-state index contributed by atoms with van der Waals surface area (Å²) in [6.07, 6.45) is 0.0577. The summed E-state index contributed by atoms with van der Waals surface area (Å²) in [5, 5.41) is 20.0. The zero-order valence-electron chi connectivity index (χ0n) is 10.5. The van der Waals surface area contributed by atoms with Crippen LogP contribution in [0.15, 0.2) is 24.3 Å². The van der Waals surface area contributed by atoms with Gasteiger partial charge in [-0.15, -0.1) is 0 Å². The maximum atomic E-state index is 11.8. The molecule has 6 nitrogen and oxygen atoms in total. The Kier molecular flexibility index (Phi) is 5.98. The van der Waals surface area contributed by atoms with Gasteiger partial charge in [-0.25, -0.2) is 4.79 Å². The van der Waals surface area contributed by atoms with Gasteiger partial charge in [0.25, 0.3) is 0 Å². The molecule has 5 N–H and O–H groups in total. The molecule has 104 valence electrons. The maximum absolute atomic E-state index is 11.8. The molecule has 0 aliphatic carbocycles. The van der Waals surface area contributed by atoms with Crippen molar-refractivity contribution in [1.29, 1.82) is 0 Å². The summed E-state index contributed by atoms with van der Waals surface area (Å²) in [6.45, 7) is 0.0269. The van der Waals surface area contributed by atoms with Crippen LogP contribution in [0.5, 0.6) is 0 Å². The monoisotopic (exact) mass is 266 g/mol. The van der Waals surface area contributed by atoms with E-state index in [1.165, 1.54) is 0 Å². The normalized spacial score (nSPS) is 11.9. The Hall–Kier alpha value is -1.92. The van der Waals surface area contributed by atoms with E-state index in [-0.39, 0.29) is 19.4 Å². The van der Waals surface area contributed by atoms with E-state index in [1.807, 2.05) is 12.1 Å². The molecule has 0 aliphatic heterocycles. The molecule has 0 aliphatic rings. The third-order valence-corrected chi connectivity index (χ3v) is 2.74. The van der Waals surface area contributed by atoms with Crippen molar-refractivity contribution in [3.05, 3.63) is 35.4 Å². The molecule has 0 heterocycles. The van der Waals surface area contributed by atoms with E-state index in [0.29, 0.717) is 6.54 Å². The molecular weight excluding hydrogens is 248 g/mol. The number of amides is 1. The summed E-state index contributed by atoms with van der Waals surface area (Å²) >= 11 is 0. The number of aliphatic hydroxyl groups excluding tert-OH is 1. The van der Waals surface area contributed by atoms with Gasteiger partial charge < -0.3 is 21.3 Å². The van der Waals surface area contributed by atoms with Crippen molar-refractivity contribution in [2.24, 2.45) is 5.73 Å². The molecule has 0 aromatic heterocycles. The van der Waals surface area contributed by atoms with Crippen molar-refractivity contribution in [3.8, 4) is 0 Å². The predicted molar refractivity (Wildman–Crippen MR) is 69.3 cm³/mol. The number of rotatable bonds is 7. The number of nitrogens with two attached hydrogens (primary N) is 1. The van der Waals surface area contributed by atoms with Crippen LogP contribution in [0, 0.1) is 0 Å². The fourth-order valence-electron chi connectivity index (χ4n) is 1.73. The lowest BCUT2D eigenvalue weighted by Crippen LogP contribution is -2.42. The third kappa shape index (κ3) is 4.69. The van der Waals surface area contributed by atoms with Gasteiger partial charge >= 0.3 is 5.97 Å². The van der Waals surface area contributed by atoms with E-state index in [4.69, 9.17) is 15.9 Å². The van der Waals surface area contributed by atoms with Crippen LogP contribution in [0.4, 0.5) is 0 Å². The second kappa shape index (κ2) is 7.50. The minimum atomic E-state index is -1.16. The molecule has 0 saturated carbocycles. The smallest absolute Gasteiger partial charge is 0.326 e. The fourth-order valence-corrected chi connectivity index (χ4v) is 1.73. The number of nitrogens with one attached hydrogen (secondary N) is 1. The molecule has 19 heavy (non-hydrogen) atoms. The van der Waals surface area contributed by atoms with Crippen molar-refractivity contribution < 1.29 is 19.8 Å². The van der Waals surface area contributed by atoms with E-state index in [0.717, 1.165) is 11.1 Å². The van der Waals surface area contributed by atoms with Crippen LogP contribution in [0.25, 0.3) is 0 Å². The number of aliphatic hydroxyl groups is 1. The Labute approximate surface area is 111 Å². The van der Waals surface area contributed by atoms with Gasteiger partial charge in [-0.2, -0.15) is 0 Å². The Morgan fingerprint density at radius 2 is 1.89 bits per heavy atom. The number of aliphatic carboxylic acids is 1. The molecule has 0 unspecified atom stereocenters. The zero-order valence-corrected chi connectivity index (χ0v) is 10.5. The van der Waals surface area contributed by atoms with Gasteiger partial charge in [-0.3, -0.25) is 4.79 Å². The van der Waals surface area contributed by atoms with E-state index >= 15 is 0 Å². The number of hydrogen-bond donors (Lipinski definition) is 4. The van der Waals surface area contributed by atoms with E-state index in [1.54, 1.807) is 12.1 Å². The average molecular weight is 266 g/mol. The van der Waals surface area contributed by atoms with Gasteiger partial charge in [0.2, 0.25) is 5.91 Å². The topological polar surface area (TPSA) is 113 Å². The first-order valence-corrected chi connectivity index (χ1v) is 5.98. The van der Waals surface area contributed by atoms with E-state index < -0.39 is 17.9 Å². The molecule has 6 heteroatoms. The van der Waals surface area contributed by atoms with Crippen LogP contribution < -0.4 is 11.1 Å². The number of carbonyl (C=O) groups excluding carboxylic acids is 1. The Morgan fingerprint density at radius 1 is 1.26 bits per heavy atom. The standard InChI is InChI=1S/C13H18N2O4/c14-8-10-4-2-1-3-9(10)7-12(17)15-11(5-6-16)13(18)19/h1-4,11,16H,5-8,14H2,(H,15,17)(H,18,19)/t11-/m0/s1. The minimum Gasteiger partial charge on any atom is -0.480 e. The van der Waals surface area contributed by atoms with E-state index in [2.05, 4.69) is 5.32 Å².